The van der Waals surface area contributed by atoms with Crippen molar-refractivity contribution in [3.05, 3.63) is 0 Å². The molecule has 80 valence electrons. The number of hydrogen-bond donors (Lipinski definition) is 3. The highest BCUT2D eigenvalue weighted by molar-refractivity contribution is 5.89. The number of hydrogen-bond acceptors (Lipinski definition) is 4. The van der Waals surface area contributed by atoms with E-state index in [-0.39, 0.29) is 17.9 Å². The monoisotopic (exact) mass is 198 g/mol. The average molecular weight is 198 g/mol. The molecule has 1 rings (SSSR count). The second kappa shape index (κ2) is 4.83. The molecule has 1 unspecified atom stereocenters. The Hall–Kier alpha value is -1.26. The molecule has 1 aliphatic heterocycles. The Labute approximate surface area is 84.4 Å². The number of carbonyl (C=O) groups excluding carboxylic acids is 1. The first-order chi connectivity index (χ1) is 6.65. The minimum atomic E-state index is -0.218. The first-order valence-electron chi connectivity index (χ1n) is 4.91. The molecular weight excluding hydrogens is 180 g/mol. The van der Waals surface area contributed by atoms with Crippen LogP contribution in [0.4, 0.5) is 0 Å². The van der Waals surface area contributed by atoms with Gasteiger partial charge >= 0.3 is 0 Å². The lowest BCUT2D eigenvalue weighted by Gasteiger charge is -2.21. The van der Waals surface area contributed by atoms with E-state index >= 15 is 0 Å². The van der Waals surface area contributed by atoms with Gasteiger partial charge in [0.1, 0.15) is 6.04 Å². The van der Waals surface area contributed by atoms with Crippen molar-refractivity contribution in [1.29, 1.82) is 0 Å². The normalized spacial score (nSPS) is 17.3. The average Bonchev–Trinajstić information content (AvgIpc) is 2.65. The zero-order chi connectivity index (χ0) is 10.6. The van der Waals surface area contributed by atoms with Crippen molar-refractivity contribution in [3.8, 4) is 0 Å². The van der Waals surface area contributed by atoms with Crippen molar-refractivity contribution in [1.82, 2.24) is 16.0 Å². The summed E-state index contributed by atoms with van der Waals surface area (Å²) in [6.45, 7) is 5.63. The van der Waals surface area contributed by atoms with Crippen LogP contribution in [-0.4, -0.2) is 38.0 Å². The smallest absolute Gasteiger partial charge is 0.242 e. The van der Waals surface area contributed by atoms with E-state index in [4.69, 9.17) is 0 Å². The van der Waals surface area contributed by atoms with Crippen molar-refractivity contribution in [3.63, 3.8) is 0 Å². The van der Waals surface area contributed by atoms with E-state index in [9.17, 15) is 4.79 Å². The molecule has 0 radical (unpaired) electrons. The lowest BCUT2D eigenvalue weighted by Crippen LogP contribution is -2.51. The molecule has 0 saturated carbocycles. The van der Waals surface area contributed by atoms with Crippen molar-refractivity contribution in [2.75, 3.05) is 20.1 Å². The third-order valence-electron chi connectivity index (χ3n) is 2.16. The summed E-state index contributed by atoms with van der Waals surface area (Å²) < 4.78 is 0. The highest BCUT2D eigenvalue weighted by Gasteiger charge is 2.22. The largest absolute Gasteiger partial charge is 0.357 e. The molecule has 0 aromatic rings. The molecule has 0 fully saturated rings. The fraction of sp³-hybridized carbons (Fsp3) is 0.778. The number of nitrogens with one attached hydrogen (secondary N) is 3. The van der Waals surface area contributed by atoms with Gasteiger partial charge in [-0.25, -0.2) is 0 Å². The molecule has 1 aliphatic rings. The summed E-state index contributed by atoms with van der Waals surface area (Å²) in [4.78, 5) is 15.7. The van der Waals surface area contributed by atoms with Crippen LogP contribution < -0.4 is 16.0 Å². The van der Waals surface area contributed by atoms with E-state index in [0.29, 0.717) is 0 Å². The fourth-order valence-electron chi connectivity index (χ4n) is 1.33. The molecule has 0 aliphatic carbocycles. The molecule has 0 saturated heterocycles. The fourth-order valence-corrected chi connectivity index (χ4v) is 1.33. The van der Waals surface area contributed by atoms with Crippen LogP contribution in [0.25, 0.3) is 0 Å². The molecule has 5 heteroatoms. The van der Waals surface area contributed by atoms with Gasteiger partial charge in [0.15, 0.2) is 5.96 Å². The van der Waals surface area contributed by atoms with Gasteiger partial charge in [0.2, 0.25) is 5.91 Å². The first kappa shape index (κ1) is 10.8. The minimum Gasteiger partial charge on any atom is -0.357 e. The maximum atomic E-state index is 11.5. The lowest BCUT2D eigenvalue weighted by atomic mass is 10.0. The Morgan fingerprint density at radius 3 is 2.71 bits per heavy atom. The SMILES string of the molecule is CNC(=O)C(NC1=NCCN1)C(C)C. The van der Waals surface area contributed by atoms with Crippen molar-refractivity contribution in [2.24, 2.45) is 10.9 Å². The quantitative estimate of drug-likeness (QED) is 0.562. The Morgan fingerprint density at radius 2 is 2.29 bits per heavy atom. The van der Waals surface area contributed by atoms with E-state index < -0.39 is 0 Å². The summed E-state index contributed by atoms with van der Waals surface area (Å²) in [7, 11) is 1.64. The third-order valence-corrected chi connectivity index (χ3v) is 2.16. The maximum absolute atomic E-state index is 11.5. The summed E-state index contributed by atoms with van der Waals surface area (Å²) in [6, 6.07) is -0.218. The molecule has 3 N–H and O–H groups in total. The van der Waals surface area contributed by atoms with Gasteiger partial charge in [0.05, 0.1) is 6.54 Å². The Morgan fingerprint density at radius 1 is 1.57 bits per heavy atom. The van der Waals surface area contributed by atoms with Crippen LogP contribution in [0, 0.1) is 5.92 Å². The molecular formula is C9H18N4O. The maximum Gasteiger partial charge on any atom is 0.242 e. The second-order valence-electron chi connectivity index (χ2n) is 3.64. The number of carbonyl (C=O) groups is 1. The van der Waals surface area contributed by atoms with Gasteiger partial charge < -0.3 is 16.0 Å². The Bertz CT molecular complexity index is 237. The van der Waals surface area contributed by atoms with Crippen LogP contribution >= 0.6 is 0 Å². The standard InChI is InChI=1S/C9H18N4O/c1-6(2)7(8(14)10-3)13-9-11-4-5-12-9/h6-7H,4-5H2,1-3H3,(H,10,14)(H2,11,12,13). The number of guanidine groups is 1. The topological polar surface area (TPSA) is 65.5 Å². The van der Waals surface area contributed by atoms with Gasteiger partial charge in [-0.05, 0) is 5.92 Å². The third kappa shape index (κ3) is 2.61. The zero-order valence-electron chi connectivity index (χ0n) is 8.92. The van der Waals surface area contributed by atoms with Crippen LogP contribution in [-0.2, 0) is 4.79 Å². The Kier molecular flexibility index (Phi) is 3.73. The minimum absolute atomic E-state index is 0.00333. The van der Waals surface area contributed by atoms with E-state index in [1.54, 1.807) is 7.05 Å². The van der Waals surface area contributed by atoms with E-state index in [2.05, 4.69) is 20.9 Å². The predicted molar refractivity (Wildman–Crippen MR) is 56.1 cm³/mol. The zero-order valence-corrected chi connectivity index (χ0v) is 8.92. The van der Waals surface area contributed by atoms with Crippen molar-refractivity contribution >= 4 is 11.9 Å². The van der Waals surface area contributed by atoms with Crippen LogP contribution in [0.3, 0.4) is 0 Å². The van der Waals surface area contributed by atoms with Crippen LogP contribution in [0.5, 0.6) is 0 Å². The van der Waals surface area contributed by atoms with Crippen molar-refractivity contribution in [2.45, 2.75) is 19.9 Å². The summed E-state index contributed by atoms with van der Waals surface area (Å²) in [5, 5.41) is 8.81. The summed E-state index contributed by atoms with van der Waals surface area (Å²) in [6.07, 6.45) is 0. The Balaban J connectivity index is 2.54. The molecule has 0 aromatic carbocycles. The van der Waals surface area contributed by atoms with Gasteiger partial charge in [0, 0.05) is 13.6 Å². The van der Waals surface area contributed by atoms with Crippen LogP contribution in [0.2, 0.25) is 0 Å². The molecule has 14 heavy (non-hydrogen) atoms. The van der Waals surface area contributed by atoms with Crippen LogP contribution in [0.1, 0.15) is 13.8 Å². The lowest BCUT2D eigenvalue weighted by molar-refractivity contribution is -0.123. The summed E-state index contributed by atoms with van der Waals surface area (Å²) in [5.74, 6) is 0.962. The van der Waals surface area contributed by atoms with Gasteiger partial charge in [-0.3, -0.25) is 9.79 Å². The molecule has 5 nitrogen and oxygen atoms in total. The summed E-state index contributed by atoms with van der Waals surface area (Å²) in [5.41, 5.74) is 0. The van der Waals surface area contributed by atoms with E-state index in [1.165, 1.54) is 0 Å². The molecule has 0 spiro atoms. The van der Waals surface area contributed by atoms with Crippen molar-refractivity contribution < 1.29 is 4.79 Å². The highest BCUT2D eigenvalue weighted by atomic mass is 16.2. The summed E-state index contributed by atoms with van der Waals surface area (Å²) >= 11 is 0. The number of likely N-dealkylation sites (N-methyl/N-ethyl adjacent to an activating group) is 1. The van der Waals surface area contributed by atoms with Gasteiger partial charge in [-0.2, -0.15) is 0 Å². The molecule has 1 heterocycles. The van der Waals surface area contributed by atoms with E-state index in [1.807, 2.05) is 13.8 Å². The number of rotatable bonds is 3. The molecule has 1 amide bonds. The molecule has 0 aromatic heterocycles. The predicted octanol–water partition coefficient (Wildman–Crippen LogP) is -0.694. The van der Waals surface area contributed by atoms with E-state index in [0.717, 1.165) is 19.0 Å². The van der Waals surface area contributed by atoms with Gasteiger partial charge in [-0.1, -0.05) is 13.8 Å². The van der Waals surface area contributed by atoms with Gasteiger partial charge in [0.25, 0.3) is 0 Å². The number of amides is 1. The molecule has 0 bridgehead atoms. The first-order valence-corrected chi connectivity index (χ1v) is 4.91. The second-order valence-corrected chi connectivity index (χ2v) is 3.64. The molecule has 1 atom stereocenters. The van der Waals surface area contributed by atoms with Crippen LogP contribution in [0.15, 0.2) is 4.99 Å². The highest BCUT2D eigenvalue weighted by Crippen LogP contribution is 2.01. The van der Waals surface area contributed by atoms with Gasteiger partial charge in [-0.15, -0.1) is 0 Å². The number of aliphatic imine (C=N–C) groups is 1. The number of nitrogens with zero attached hydrogens (tertiary/aromatic N) is 1.